The van der Waals surface area contributed by atoms with Gasteiger partial charge in [-0.25, -0.2) is 9.37 Å². The molecule has 0 saturated heterocycles. The molecule has 0 atom stereocenters. The van der Waals surface area contributed by atoms with Crippen molar-refractivity contribution in [3.8, 4) is 0 Å². The molecule has 0 unspecified atom stereocenters. The fraction of sp³-hybridized carbons (Fsp3) is 0.300. The highest BCUT2D eigenvalue weighted by Gasteiger charge is 2.12. The lowest BCUT2D eigenvalue weighted by Crippen LogP contribution is -2.07. The molecule has 0 aliphatic rings. The molecule has 2 aromatic rings. The Hall–Kier alpha value is -0.940. The molecule has 2 N–H and O–H groups in total. The van der Waals surface area contributed by atoms with Crippen LogP contribution in [0.3, 0.4) is 0 Å². The average Bonchev–Trinajstić information content (AvgIpc) is 2.52. The lowest BCUT2D eigenvalue weighted by atomic mass is 10.3. The number of rotatable bonds is 2. The second kappa shape index (κ2) is 3.90. The Morgan fingerprint density at radius 1 is 1.53 bits per heavy atom. The van der Waals surface area contributed by atoms with Gasteiger partial charge in [-0.2, -0.15) is 0 Å². The van der Waals surface area contributed by atoms with Crippen LogP contribution in [0.4, 0.5) is 4.39 Å². The Kier molecular flexibility index (Phi) is 2.75. The van der Waals surface area contributed by atoms with E-state index in [-0.39, 0.29) is 5.82 Å². The van der Waals surface area contributed by atoms with E-state index in [1.54, 1.807) is 6.07 Å². The number of hydrogen-bond donors (Lipinski definition) is 1. The minimum Gasteiger partial charge on any atom is -0.330 e. The second-order valence-electron chi connectivity index (χ2n) is 3.35. The van der Waals surface area contributed by atoms with Gasteiger partial charge in [-0.1, -0.05) is 0 Å². The van der Waals surface area contributed by atoms with Crippen molar-refractivity contribution in [3.05, 3.63) is 28.2 Å². The third-order valence-electron chi connectivity index (χ3n) is 2.39. The van der Waals surface area contributed by atoms with E-state index in [0.29, 0.717) is 17.4 Å². The van der Waals surface area contributed by atoms with Gasteiger partial charge in [0.25, 0.3) is 0 Å². The van der Waals surface area contributed by atoms with Gasteiger partial charge < -0.3 is 10.3 Å². The minimum absolute atomic E-state index is 0.273. The Balaban J connectivity index is 2.72. The van der Waals surface area contributed by atoms with Gasteiger partial charge in [-0.15, -0.1) is 0 Å². The molecule has 1 heterocycles. The van der Waals surface area contributed by atoms with Crippen LogP contribution >= 0.6 is 15.9 Å². The molecule has 1 aromatic carbocycles. The van der Waals surface area contributed by atoms with Crippen LogP contribution in [-0.2, 0) is 13.5 Å². The molecule has 0 spiro atoms. The highest BCUT2D eigenvalue weighted by Crippen LogP contribution is 2.26. The molecule has 0 radical (unpaired) electrons. The molecule has 0 bridgehead atoms. The number of aromatic nitrogens is 2. The van der Waals surface area contributed by atoms with E-state index in [1.807, 2.05) is 11.6 Å². The molecule has 0 amide bonds. The average molecular weight is 272 g/mol. The van der Waals surface area contributed by atoms with Crippen molar-refractivity contribution in [2.45, 2.75) is 6.42 Å². The molecule has 0 fully saturated rings. The molecule has 0 aliphatic heterocycles. The number of aryl methyl sites for hydroxylation is 1. The van der Waals surface area contributed by atoms with E-state index in [1.165, 1.54) is 6.07 Å². The number of nitrogens with two attached hydrogens (primary N) is 1. The van der Waals surface area contributed by atoms with Crippen LogP contribution in [0.5, 0.6) is 0 Å². The second-order valence-corrected chi connectivity index (χ2v) is 4.15. The van der Waals surface area contributed by atoms with Gasteiger partial charge in [0, 0.05) is 13.5 Å². The summed E-state index contributed by atoms with van der Waals surface area (Å²) in [7, 11) is 1.87. The summed E-state index contributed by atoms with van der Waals surface area (Å²) in [6.07, 6.45) is 0.694. The highest BCUT2D eigenvalue weighted by atomic mass is 79.9. The Morgan fingerprint density at radius 3 is 2.93 bits per heavy atom. The van der Waals surface area contributed by atoms with E-state index in [0.717, 1.165) is 16.9 Å². The summed E-state index contributed by atoms with van der Waals surface area (Å²) >= 11 is 3.23. The van der Waals surface area contributed by atoms with Crippen LogP contribution in [-0.4, -0.2) is 16.1 Å². The number of halogens is 2. The zero-order valence-electron chi connectivity index (χ0n) is 8.30. The Bertz CT molecular complexity index is 507. The summed E-state index contributed by atoms with van der Waals surface area (Å²) in [5.41, 5.74) is 7.04. The van der Waals surface area contributed by atoms with Crippen molar-refractivity contribution >= 4 is 27.0 Å². The normalized spacial score (nSPS) is 11.2. The van der Waals surface area contributed by atoms with Crippen LogP contribution in [0.2, 0.25) is 0 Å². The Labute approximate surface area is 95.2 Å². The molecule has 15 heavy (non-hydrogen) atoms. The minimum atomic E-state index is -0.273. The van der Waals surface area contributed by atoms with Crippen molar-refractivity contribution in [2.75, 3.05) is 6.54 Å². The maximum atomic E-state index is 13.3. The topological polar surface area (TPSA) is 43.8 Å². The first-order chi connectivity index (χ1) is 7.15. The number of imidazole rings is 1. The van der Waals surface area contributed by atoms with E-state index >= 15 is 0 Å². The Morgan fingerprint density at radius 2 is 2.27 bits per heavy atom. The summed E-state index contributed by atoms with van der Waals surface area (Å²) in [5.74, 6) is 0.601. The first-order valence-electron chi connectivity index (χ1n) is 4.64. The number of benzene rings is 1. The monoisotopic (exact) mass is 271 g/mol. The zero-order chi connectivity index (χ0) is 11.0. The number of nitrogens with zero attached hydrogens (tertiary/aromatic N) is 2. The van der Waals surface area contributed by atoms with Gasteiger partial charge in [0.05, 0.1) is 15.5 Å². The molecule has 0 saturated carbocycles. The predicted molar refractivity (Wildman–Crippen MR) is 61.1 cm³/mol. The smallest absolute Gasteiger partial charge is 0.139 e. The molecular formula is C10H11BrFN3. The van der Waals surface area contributed by atoms with Crippen LogP contribution in [0.15, 0.2) is 16.6 Å². The maximum Gasteiger partial charge on any atom is 0.139 e. The molecule has 1 aromatic heterocycles. The third-order valence-corrected chi connectivity index (χ3v) is 3.14. The number of hydrogen-bond acceptors (Lipinski definition) is 2. The van der Waals surface area contributed by atoms with Crippen LogP contribution in [0.25, 0.3) is 11.0 Å². The summed E-state index contributed by atoms with van der Waals surface area (Å²) in [6, 6.07) is 3.08. The molecule has 0 aliphatic carbocycles. The zero-order valence-corrected chi connectivity index (χ0v) is 9.88. The van der Waals surface area contributed by atoms with Crippen molar-refractivity contribution in [3.63, 3.8) is 0 Å². The standard InChI is InChI=1S/C10H11BrFN3/c1-15-8(4-5-13)14-7-3-2-6(12)9(11)10(7)15/h2-3H,4-5,13H2,1H3. The SMILES string of the molecule is Cn1c(CCN)nc2ccc(F)c(Br)c21. The summed E-state index contributed by atoms with van der Waals surface area (Å²) < 4.78 is 15.6. The van der Waals surface area contributed by atoms with E-state index < -0.39 is 0 Å². The molecule has 5 heteroatoms. The molecule has 80 valence electrons. The largest absolute Gasteiger partial charge is 0.330 e. The highest BCUT2D eigenvalue weighted by molar-refractivity contribution is 9.10. The van der Waals surface area contributed by atoms with Crippen molar-refractivity contribution in [1.82, 2.24) is 9.55 Å². The van der Waals surface area contributed by atoms with Gasteiger partial charge in [0.1, 0.15) is 11.6 Å². The van der Waals surface area contributed by atoms with Crippen molar-refractivity contribution in [1.29, 1.82) is 0 Å². The van der Waals surface area contributed by atoms with Gasteiger partial charge >= 0.3 is 0 Å². The third kappa shape index (κ3) is 1.66. The van der Waals surface area contributed by atoms with Crippen LogP contribution in [0, 0.1) is 5.82 Å². The molecule has 3 nitrogen and oxygen atoms in total. The molecular weight excluding hydrogens is 261 g/mol. The van der Waals surface area contributed by atoms with E-state index in [2.05, 4.69) is 20.9 Å². The summed E-state index contributed by atoms with van der Waals surface area (Å²) in [4.78, 5) is 4.39. The summed E-state index contributed by atoms with van der Waals surface area (Å²) in [6.45, 7) is 0.539. The van der Waals surface area contributed by atoms with E-state index in [9.17, 15) is 4.39 Å². The van der Waals surface area contributed by atoms with Crippen LogP contribution in [0.1, 0.15) is 5.82 Å². The first kappa shape index (κ1) is 10.6. The number of fused-ring (bicyclic) bond motifs is 1. The summed E-state index contributed by atoms with van der Waals surface area (Å²) in [5, 5.41) is 0. The maximum absolute atomic E-state index is 13.3. The van der Waals surface area contributed by atoms with Crippen LogP contribution < -0.4 is 5.73 Å². The van der Waals surface area contributed by atoms with Gasteiger partial charge in [0.15, 0.2) is 0 Å². The van der Waals surface area contributed by atoms with Gasteiger partial charge in [0.2, 0.25) is 0 Å². The van der Waals surface area contributed by atoms with Gasteiger partial charge in [-0.05, 0) is 34.6 Å². The van der Waals surface area contributed by atoms with E-state index in [4.69, 9.17) is 5.73 Å². The predicted octanol–water partition coefficient (Wildman–Crippen LogP) is 1.98. The first-order valence-corrected chi connectivity index (χ1v) is 5.44. The lowest BCUT2D eigenvalue weighted by molar-refractivity contribution is 0.622. The molecule has 2 rings (SSSR count). The quantitative estimate of drug-likeness (QED) is 0.908. The fourth-order valence-electron chi connectivity index (χ4n) is 1.63. The lowest BCUT2D eigenvalue weighted by Gasteiger charge is -2.01. The van der Waals surface area contributed by atoms with Crippen molar-refractivity contribution in [2.24, 2.45) is 12.8 Å². The van der Waals surface area contributed by atoms with Crippen molar-refractivity contribution < 1.29 is 4.39 Å². The van der Waals surface area contributed by atoms with Gasteiger partial charge in [-0.3, -0.25) is 0 Å². The fourth-order valence-corrected chi connectivity index (χ4v) is 2.24.